The summed E-state index contributed by atoms with van der Waals surface area (Å²) in [5.41, 5.74) is -0.935. The van der Waals surface area contributed by atoms with Crippen molar-refractivity contribution in [3.63, 3.8) is 0 Å². The number of halogens is 2. The van der Waals surface area contributed by atoms with Crippen LogP contribution in [-0.4, -0.2) is 30.8 Å². The molecule has 0 aliphatic rings. The van der Waals surface area contributed by atoms with E-state index in [-0.39, 0.29) is 27.4 Å². The van der Waals surface area contributed by atoms with Gasteiger partial charge >= 0.3 is 5.97 Å². The minimum Gasteiger partial charge on any atom is -0.493 e. The van der Waals surface area contributed by atoms with Gasteiger partial charge in [-0.1, -0.05) is 29.3 Å². The third-order valence-corrected chi connectivity index (χ3v) is 3.63. The highest BCUT2D eigenvalue weighted by molar-refractivity contribution is 6.36. The first-order valence-corrected chi connectivity index (χ1v) is 6.67. The van der Waals surface area contributed by atoms with Crippen LogP contribution in [0.2, 0.25) is 10.0 Å². The molecule has 7 nitrogen and oxygen atoms in total. The van der Waals surface area contributed by atoms with E-state index < -0.39 is 17.4 Å². The topological polar surface area (TPSA) is 108 Å². The number of aromatic amines is 1. The van der Waals surface area contributed by atoms with Crippen LogP contribution in [0.3, 0.4) is 0 Å². The molecule has 0 saturated carbocycles. The van der Waals surface area contributed by atoms with Crippen LogP contribution in [-0.2, 0) is 0 Å². The molecule has 0 atom stereocenters. The Morgan fingerprint density at radius 3 is 2.68 bits per heavy atom. The maximum atomic E-state index is 12.2. The van der Waals surface area contributed by atoms with Crippen molar-refractivity contribution in [3.8, 4) is 17.0 Å². The molecular weight excluding hydrogens is 333 g/mol. The Bertz CT molecular complexity index is 977. The largest absolute Gasteiger partial charge is 0.493 e. The lowest BCUT2D eigenvalue weighted by Gasteiger charge is -2.08. The molecule has 9 heteroatoms. The molecule has 0 amide bonds. The summed E-state index contributed by atoms with van der Waals surface area (Å²) in [6.07, 6.45) is 1.03. The van der Waals surface area contributed by atoms with E-state index >= 15 is 0 Å². The summed E-state index contributed by atoms with van der Waals surface area (Å²) in [7, 11) is 0. The van der Waals surface area contributed by atoms with Crippen molar-refractivity contribution in [1.29, 1.82) is 0 Å². The Balaban J connectivity index is 2.37. The van der Waals surface area contributed by atoms with Gasteiger partial charge in [0.1, 0.15) is 11.1 Å². The third-order valence-electron chi connectivity index (χ3n) is 3.08. The number of aromatic carboxylic acids is 1. The summed E-state index contributed by atoms with van der Waals surface area (Å²) in [6.45, 7) is 0. The van der Waals surface area contributed by atoms with Crippen LogP contribution in [0, 0.1) is 0 Å². The van der Waals surface area contributed by atoms with Crippen LogP contribution in [0.5, 0.6) is 5.88 Å². The van der Waals surface area contributed by atoms with Crippen LogP contribution in [0.1, 0.15) is 10.4 Å². The fourth-order valence-corrected chi connectivity index (χ4v) is 2.60. The van der Waals surface area contributed by atoms with Crippen LogP contribution in [0.15, 0.2) is 29.2 Å². The summed E-state index contributed by atoms with van der Waals surface area (Å²) < 4.78 is 0.922. The monoisotopic (exact) mass is 339 g/mol. The zero-order valence-corrected chi connectivity index (χ0v) is 12.2. The average Bonchev–Trinajstić information content (AvgIpc) is 2.85. The van der Waals surface area contributed by atoms with Gasteiger partial charge in [0.05, 0.1) is 11.2 Å². The van der Waals surface area contributed by atoms with Gasteiger partial charge in [-0.2, -0.15) is 9.61 Å². The predicted molar refractivity (Wildman–Crippen MR) is 79.9 cm³/mol. The molecule has 0 saturated heterocycles. The van der Waals surface area contributed by atoms with E-state index in [2.05, 4.69) is 10.1 Å². The highest BCUT2D eigenvalue weighted by Crippen LogP contribution is 2.33. The Morgan fingerprint density at radius 2 is 2.05 bits per heavy atom. The minimum absolute atomic E-state index is 0.121. The quantitative estimate of drug-likeness (QED) is 0.664. The van der Waals surface area contributed by atoms with Gasteiger partial charge in [0.25, 0.3) is 5.56 Å². The van der Waals surface area contributed by atoms with E-state index in [1.807, 2.05) is 0 Å². The van der Waals surface area contributed by atoms with Gasteiger partial charge in [-0.3, -0.25) is 4.79 Å². The number of hydrogen-bond donors (Lipinski definition) is 3. The fourth-order valence-electron chi connectivity index (χ4n) is 2.10. The molecule has 2 aromatic heterocycles. The Morgan fingerprint density at radius 1 is 1.32 bits per heavy atom. The number of carbonyl (C=O) groups is 1. The Hall–Kier alpha value is -2.51. The predicted octanol–water partition coefficient (Wildman–Crippen LogP) is 2.40. The van der Waals surface area contributed by atoms with Crippen LogP contribution < -0.4 is 5.56 Å². The highest BCUT2D eigenvalue weighted by atomic mass is 35.5. The lowest BCUT2D eigenvalue weighted by molar-refractivity contribution is 0.0699. The minimum atomic E-state index is -1.28. The molecule has 1 aromatic carbocycles. The maximum Gasteiger partial charge on any atom is 0.341 e. The second-order valence-corrected chi connectivity index (χ2v) is 5.24. The summed E-state index contributed by atoms with van der Waals surface area (Å²) >= 11 is 11.8. The van der Waals surface area contributed by atoms with Crippen molar-refractivity contribution in [3.05, 3.63) is 50.4 Å². The lowest BCUT2D eigenvalue weighted by atomic mass is 10.1. The molecule has 3 N–H and O–H groups in total. The molecule has 0 aliphatic heterocycles. The summed E-state index contributed by atoms with van der Waals surface area (Å²) in [5.74, 6) is -1.79. The molecule has 0 spiro atoms. The number of fused-ring (bicyclic) bond motifs is 1. The number of benzene rings is 1. The molecule has 112 valence electrons. The highest BCUT2D eigenvalue weighted by Gasteiger charge is 2.21. The molecule has 2 heterocycles. The van der Waals surface area contributed by atoms with E-state index in [0.717, 1.165) is 10.7 Å². The number of hydrogen-bond acceptors (Lipinski definition) is 4. The van der Waals surface area contributed by atoms with Gasteiger partial charge in [0.2, 0.25) is 5.88 Å². The summed E-state index contributed by atoms with van der Waals surface area (Å²) in [6, 6.07) is 4.41. The van der Waals surface area contributed by atoms with Crippen molar-refractivity contribution in [2.24, 2.45) is 0 Å². The van der Waals surface area contributed by atoms with Gasteiger partial charge in [-0.25, -0.2) is 4.79 Å². The average molecular weight is 340 g/mol. The maximum absolute atomic E-state index is 12.2. The molecular formula is C13H7Cl2N3O4. The Kier molecular flexibility index (Phi) is 3.31. The van der Waals surface area contributed by atoms with Crippen LogP contribution in [0.25, 0.3) is 16.8 Å². The van der Waals surface area contributed by atoms with Gasteiger partial charge in [-0.05, 0) is 12.1 Å². The smallest absolute Gasteiger partial charge is 0.341 e. The Labute approximate surface area is 132 Å². The number of nitrogens with zero attached hydrogens (tertiary/aromatic N) is 2. The standard InChI is InChI=1S/C13H7Cl2N3O4/c14-5-1-2-6(8(15)3-5)9-11(19)17-10-7(13(21)22)4-16-18(10)12(9)20/h1-4,20H,(H,17,19)(H,21,22). The van der Waals surface area contributed by atoms with E-state index in [1.165, 1.54) is 18.2 Å². The van der Waals surface area contributed by atoms with Crippen molar-refractivity contribution < 1.29 is 15.0 Å². The number of nitrogens with one attached hydrogen (secondary N) is 1. The van der Waals surface area contributed by atoms with E-state index in [9.17, 15) is 14.7 Å². The first kappa shape index (κ1) is 14.4. The third kappa shape index (κ3) is 2.11. The molecule has 0 bridgehead atoms. The molecule has 0 aliphatic carbocycles. The number of H-pyrrole nitrogens is 1. The summed E-state index contributed by atoms with van der Waals surface area (Å²) in [4.78, 5) is 25.7. The van der Waals surface area contributed by atoms with Crippen LogP contribution >= 0.6 is 23.2 Å². The molecule has 0 unspecified atom stereocenters. The van der Waals surface area contributed by atoms with Gasteiger partial charge in [0, 0.05) is 10.6 Å². The van der Waals surface area contributed by atoms with Crippen molar-refractivity contribution in [2.75, 3.05) is 0 Å². The first-order valence-electron chi connectivity index (χ1n) is 5.92. The number of aromatic nitrogens is 3. The second-order valence-electron chi connectivity index (χ2n) is 4.40. The van der Waals surface area contributed by atoms with Crippen molar-refractivity contribution in [1.82, 2.24) is 14.6 Å². The van der Waals surface area contributed by atoms with Crippen molar-refractivity contribution >= 4 is 34.8 Å². The SMILES string of the molecule is O=C(O)c1cnn2c(O)c(-c3ccc(Cl)cc3Cl)c(=O)[nH]c12. The van der Waals surface area contributed by atoms with E-state index in [0.29, 0.717) is 5.02 Å². The normalized spacial score (nSPS) is 11.0. The second kappa shape index (κ2) is 5.04. The molecule has 22 heavy (non-hydrogen) atoms. The zero-order chi connectivity index (χ0) is 16.0. The van der Waals surface area contributed by atoms with Gasteiger partial charge < -0.3 is 15.2 Å². The molecule has 0 radical (unpaired) electrons. The molecule has 3 rings (SSSR count). The fraction of sp³-hybridized carbons (Fsp3) is 0. The summed E-state index contributed by atoms with van der Waals surface area (Å²) in [5, 5.41) is 23.6. The first-order chi connectivity index (χ1) is 10.4. The number of rotatable bonds is 2. The number of aromatic hydroxyl groups is 1. The number of carboxylic acids is 1. The van der Waals surface area contributed by atoms with E-state index in [1.54, 1.807) is 0 Å². The zero-order valence-electron chi connectivity index (χ0n) is 10.7. The van der Waals surface area contributed by atoms with Gasteiger partial charge in [0.15, 0.2) is 5.65 Å². The number of carboxylic acid groups (broad SMARTS) is 1. The van der Waals surface area contributed by atoms with E-state index in [4.69, 9.17) is 28.3 Å². The lowest BCUT2D eigenvalue weighted by Crippen LogP contribution is -2.14. The van der Waals surface area contributed by atoms with Gasteiger partial charge in [-0.15, -0.1) is 0 Å². The molecule has 3 aromatic rings. The van der Waals surface area contributed by atoms with Crippen LogP contribution in [0.4, 0.5) is 0 Å². The van der Waals surface area contributed by atoms with Crippen molar-refractivity contribution in [2.45, 2.75) is 0 Å². The molecule has 0 fully saturated rings.